The summed E-state index contributed by atoms with van der Waals surface area (Å²) in [5.74, 6) is 0.0585. The molecule has 2 aromatic rings. The molecule has 3 N–H and O–H groups in total. The second-order valence-electron chi connectivity index (χ2n) is 7.78. The van der Waals surface area contributed by atoms with Crippen LogP contribution >= 0.6 is 0 Å². The summed E-state index contributed by atoms with van der Waals surface area (Å²) < 4.78 is 5.15. The van der Waals surface area contributed by atoms with Crippen molar-refractivity contribution in [1.29, 1.82) is 0 Å². The fraction of sp³-hybridized carbons (Fsp3) is 0.391. The summed E-state index contributed by atoms with van der Waals surface area (Å²) >= 11 is 0. The van der Waals surface area contributed by atoms with Gasteiger partial charge in [-0.1, -0.05) is 67.6 Å². The molecule has 1 amide bonds. The number of aldehydes is 1. The molecule has 2 unspecified atom stereocenters. The standard InChI is InChI=1S/C23H30N2O3/c1-17(14-15-23(2,3)28-22(24)27)20(16-26)25-21(18-10-6-4-7-11-18)19-12-8-5-9-13-19/h4-13,16-17,20-21,25H,14-15H2,1-3H3,(H2,24,27). The van der Waals surface area contributed by atoms with Crippen LogP contribution in [0.15, 0.2) is 60.7 Å². The van der Waals surface area contributed by atoms with Crippen molar-refractivity contribution >= 4 is 12.4 Å². The van der Waals surface area contributed by atoms with Gasteiger partial charge >= 0.3 is 6.09 Å². The van der Waals surface area contributed by atoms with E-state index in [-0.39, 0.29) is 18.0 Å². The molecule has 2 rings (SSSR count). The first-order valence-electron chi connectivity index (χ1n) is 9.62. The molecule has 0 aliphatic rings. The summed E-state index contributed by atoms with van der Waals surface area (Å²) in [6.45, 7) is 5.68. The van der Waals surface area contributed by atoms with Crippen LogP contribution < -0.4 is 11.1 Å². The van der Waals surface area contributed by atoms with Crippen molar-refractivity contribution in [2.45, 2.75) is 51.3 Å². The third-order valence-electron chi connectivity index (χ3n) is 4.96. The number of primary amides is 1. The number of ether oxygens (including phenoxy) is 1. The molecule has 0 aliphatic heterocycles. The van der Waals surface area contributed by atoms with Crippen molar-refractivity contribution in [2.24, 2.45) is 11.7 Å². The van der Waals surface area contributed by atoms with Crippen LogP contribution in [0.4, 0.5) is 4.79 Å². The van der Waals surface area contributed by atoms with Crippen LogP contribution in [0.2, 0.25) is 0 Å². The summed E-state index contributed by atoms with van der Waals surface area (Å²) in [6.07, 6.45) is 1.51. The zero-order chi connectivity index (χ0) is 20.6. The molecule has 2 aromatic carbocycles. The largest absolute Gasteiger partial charge is 0.444 e. The Kier molecular flexibility index (Phi) is 7.76. The van der Waals surface area contributed by atoms with E-state index in [4.69, 9.17) is 10.5 Å². The van der Waals surface area contributed by atoms with Gasteiger partial charge in [0.05, 0.1) is 12.1 Å². The molecule has 150 valence electrons. The predicted octanol–water partition coefficient (Wildman–Crippen LogP) is 4.22. The van der Waals surface area contributed by atoms with Crippen LogP contribution in [-0.2, 0) is 9.53 Å². The molecular formula is C23H30N2O3. The van der Waals surface area contributed by atoms with Crippen LogP contribution in [0, 0.1) is 5.92 Å². The monoisotopic (exact) mass is 382 g/mol. The molecule has 0 aliphatic carbocycles. The lowest BCUT2D eigenvalue weighted by Gasteiger charge is -2.30. The molecule has 0 saturated carbocycles. The summed E-state index contributed by atoms with van der Waals surface area (Å²) in [7, 11) is 0. The minimum Gasteiger partial charge on any atom is -0.444 e. The van der Waals surface area contributed by atoms with E-state index < -0.39 is 11.7 Å². The third kappa shape index (κ3) is 6.50. The highest BCUT2D eigenvalue weighted by Gasteiger charge is 2.27. The Balaban J connectivity index is 2.12. The molecule has 0 heterocycles. The van der Waals surface area contributed by atoms with E-state index >= 15 is 0 Å². The van der Waals surface area contributed by atoms with Gasteiger partial charge in [0.25, 0.3) is 0 Å². The maximum atomic E-state index is 11.9. The van der Waals surface area contributed by atoms with Crippen molar-refractivity contribution < 1.29 is 14.3 Å². The van der Waals surface area contributed by atoms with Crippen molar-refractivity contribution in [2.75, 3.05) is 0 Å². The van der Waals surface area contributed by atoms with E-state index in [1.807, 2.05) is 57.2 Å². The van der Waals surface area contributed by atoms with Gasteiger partial charge in [-0.3, -0.25) is 5.32 Å². The number of hydrogen-bond donors (Lipinski definition) is 2. The van der Waals surface area contributed by atoms with E-state index in [0.29, 0.717) is 12.8 Å². The van der Waals surface area contributed by atoms with E-state index in [2.05, 4.69) is 29.6 Å². The Morgan fingerprint density at radius 2 is 1.57 bits per heavy atom. The Morgan fingerprint density at radius 3 is 2.00 bits per heavy atom. The minimum atomic E-state index is -0.782. The number of rotatable bonds is 10. The highest BCUT2D eigenvalue weighted by atomic mass is 16.6. The summed E-state index contributed by atoms with van der Waals surface area (Å²) in [4.78, 5) is 22.9. The lowest BCUT2D eigenvalue weighted by atomic mass is 9.90. The Hall–Kier alpha value is -2.66. The van der Waals surface area contributed by atoms with Gasteiger partial charge in [-0.25, -0.2) is 4.79 Å². The first-order chi connectivity index (χ1) is 13.3. The number of hydrogen-bond acceptors (Lipinski definition) is 4. The van der Waals surface area contributed by atoms with Gasteiger partial charge in [0.15, 0.2) is 0 Å². The smallest absolute Gasteiger partial charge is 0.405 e. The molecule has 0 radical (unpaired) electrons. The van der Waals surface area contributed by atoms with E-state index in [9.17, 15) is 9.59 Å². The predicted molar refractivity (Wildman–Crippen MR) is 111 cm³/mol. The highest BCUT2D eigenvalue weighted by molar-refractivity contribution is 5.65. The van der Waals surface area contributed by atoms with Gasteiger partial charge in [-0.05, 0) is 43.7 Å². The van der Waals surface area contributed by atoms with E-state index in [1.165, 1.54) is 0 Å². The van der Waals surface area contributed by atoms with Gasteiger partial charge in [0.1, 0.15) is 11.9 Å². The maximum Gasteiger partial charge on any atom is 0.405 e. The molecule has 0 bridgehead atoms. The lowest BCUT2D eigenvalue weighted by Crippen LogP contribution is -2.40. The molecule has 0 aromatic heterocycles. The number of carbonyl (C=O) groups excluding carboxylic acids is 2. The Bertz CT molecular complexity index is 707. The first-order valence-corrected chi connectivity index (χ1v) is 9.62. The fourth-order valence-electron chi connectivity index (χ4n) is 3.28. The topological polar surface area (TPSA) is 81.4 Å². The SMILES string of the molecule is CC(CCC(C)(C)OC(N)=O)C(C=O)NC(c1ccccc1)c1ccccc1. The molecule has 0 saturated heterocycles. The van der Waals surface area contributed by atoms with Crippen LogP contribution in [0.3, 0.4) is 0 Å². The van der Waals surface area contributed by atoms with Gasteiger partial charge in [0.2, 0.25) is 0 Å². The molecule has 28 heavy (non-hydrogen) atoms. The van der Waals surface area contributed by atoms with E-state index in [0.717, 1.165) is 17.4 Å². The highest BCUT2D eigenvalue weighted by Crippen LogP contribution is 2.26. The van der Waals surface area contributed by atoms with Crippen molar-refractivity contribution in [3.8, 4) is 0 Å². The van der Waals surface area contributed by atoms with E-state index in [1.54, 1.807) is 0 Å². The summed E-state index contributed by atoms with van der Waals surface area (Å²) in [5, 5.41) is 3.51. The van der Waals surface area contributed by atoms with Gasteiger partial charge < -0.3 is 15.3 Å². The molecule has 5 heteroatoms. The normalized spacial score (nSPS) is 13.7. The summed E-state index contributed by atoms with van der Waals surface area (Å²) in [5.41, 5.74) is 6.68. The Labute approximate surface area is 167 Å². The average molecular weight is 383 g/mol. The number of carbonyl (C=O) groups is 2. The zero-order valence-electron chi connectivity index (χ0n) is 16.8. The number of nitrogens with one attached hydrogen (secondary N) is 1. The number of nitrogens with two attached hydrogens (primary N) is 1. The Morgan fingerprint density at radius 1 is 1.07 bits per heavy atom. The van der Waals surface area contributed by atoms with Crippen LogP contribution in [-0.4, -0.2) is 24.0 Å². The van der Waals surface area contributed by atoms with Gasteiger partial charge in [-0.2, -0.15) is 0 Å². The quantitative estimate of drug-likeness (QED) is 0.603. The third-order valence-corrected chi connectivity index (χ3v) is 4.96. The van der Waals surface area contributed by atoms with Gasteiger partial charge in [0, 0.05) is 0 Å². The fourth-order valence-corrected chi connectivity index (χ4v) is 3.28. The maximum absolute atomic E-state index is 11.9. The second-order valence-corrected chi connectivity index (χ2v) is 7.78. The number of amides is 1. The van der Waals surface area contributed by atoms with Crippen molar-refractivity contribution in [3.05, 3.63) is 71.8 Å². The second kappa shape index (κ2) is 10.0. The van der Waals surface area contributed by atoms with Crippen molar-refractivity contribution in [3.63, 3.8) is 0 Å². The first kappa shape index (κ1) is 21.6. The van der Waals surface area contributed by atoms with Crippen LogP contribution in [0.25, 0.3) is 0 Å². The van der Waals surface area contributed by atoms with Crippen LogP contribution in [0.1, 0.15) is 50.8 Å². The van der Waals surface area contributed by atoms with Crippen molar-refractivity contribution in [1.82, 2.24) is 5.32 Å². The molecule has 2 atom stereocenters. The molecule has 0 spiro atoms. The molecule has 0 fully saturated rings. The van der Waals surface area contributed by atoms with Crippen LogP contribution in [0.5, 0.6) is 0 Å². The lowest BCUT2D eigenvalue weighted by molar-refractivity contribution is -0.110. The number of benzene rings is 2. The average Bonchev–Trinajstić information content (AvgIpc) is 2.67. The summed E-state index contributed by atoms with van der Waals surface area (Å²) in [6, 6.07) is 19.7. The molecule has 5 nitrogen and oxygen atoms in total. The van der Waals surface area contributed by atoms with Gasteiger partial charge in [-0.15, -0.1) is 0 Å². The molecular weight excluding hydrogens is 352 g/mol. The zero-order valence-corrected chi connectivity index (χ0v) is 16.8. The minimum absolute atomic E-state index is 0.0585.